The molecule has 0 bridgehead atoms. The fourth-order valence-electron chi connectivity index (χ4n) is 3.27. The number of nitrogens with zero attached hydrogens (tertiary/aromatic N) is 2. The first kappa shape index (κ1) is 18.7. The first-order valence-corrected chi connectivity index (χ1v) is 9.01. The molecule has 1 N–H and O–H groups in total. The number of halogens is 1. The van der Waals surface area contributed by atoms with Crippen LogP contribution in [-0.4, -0.2) is 71.1 Å². The predicted octanol–water partition coefficient (Wildman–Crippen LogP) is 1.19. The lowest BCUT2D eigenvalue weighted by molar-refractivity contribution is -0.156. The normalized spacial score (nSPS) is 23.1. The molecule has 2 aliphatic rings. The van der Waals surface area contributed by atoms with Gasteiger partial charge in [0, 0.05) is 31.2 Å². The number of piperazine rings is 1. The summed E-state index contributed by atoms with van der Waals surface area (Å²) in [7, 11) is 0. The van der Waals surface area contributed by atoms with Gasteiger partial charge in [0.05, 0.1) is 6.42 Å². The molecule has 2 aliphatic heterocycles. The van der Waals surface area contributed by atoms with Crippen molar-refractivity contribution in [1.29, 1.82) is 0 Å². The number of carbonyl (C=O) groups is 3. The highest BCUT2D eigenvalue weighted by Crippen LogP contribution is 2.22. The molecule has 0 aromatic heterocycles. The Hall–Kier alpha value is -2.12. The summed E-state index contributed by atoms with van der Waals surface area (Å²) < 4.78 is 5.32. The number of amides is 2. The zero-order chi connectivity index (χ0) is 18.7. The van der Waals surface area contributed by atoms with Crippen LogP contribution in [0.5, 0.6) is 0 Å². The van der Waals surface area contributed by atoms with Gasteiger partial charge in [0.15, 0.2) is 6.10 Å². The largest absolute Gasteiger partial charge is 0.479 e. The number of carboxylic acid groups (broad SMARTS) is 1. The van der Waals surface area contributed by atoms with Gasteiger partial charge in [0.2, 0.25) is 5.91 Å². The lowest BCUT2D eigenvalue weighted by Gasteiger charge is -2.35. The predicted molar refractivity (Wildman–Crippen MR) is 93.8 cm³/mol. The summed E-state index contributed by atoms with van der Waals surface area (Å²) in [6.07, 6.45) is -0.507. The SMILES string of the molecule is O=C(O)[C@H]1CC[C@@H](C(=O)N2CCN(C(=O)Cc3ccc(Cl)cc3)CC2)O1. The zero-order valence-electron chi connectivity index (χ0n) is 14.3. The highest BCUT2D eigenvalue weighted by Gasteiger charge is 2.37. The second-order valence-electron chi connectivity index (χ2n) is 6.54. The van der Waals surface area contributed by atoms with Crippen LogP contribution in [-0.2, 0) is 25.5 Å². The van der Waals surface area contributed by atoms with Crippen LogP contribution in [0.25, 0.3) is 0 Å². The molecule has 2 heterocycles. The summed E-state index contributed by atoms with van der Waals surface area (Å²) >= 11 is 5.85. The zero-order valence-corrected chi connectivity index (χ0v) is 15.0. The van der Waals surface area contributed by atoms with Crippen LogP contribution >= 0.6 is 11.6 Å². The van der Waals surface area contributed by atoms with Gasteiger partial charge in [0.1, 0.15) is 6.10 Å². The maximum absolute atomic E-state index is 12.5. The topological polar surface area (TPSA) is 87.2 Å². The van der Waals surface area contributed by atoms with E-state index in [4.69, 9.17) is 21.4 Å². The number of rotatable bonds is 4. The van der Waals surface area contributed by atoms with Crippen LogP contribution in [0.4, 0.5) is 0 Å². The number of benzene rings is 1. The van der Waals surface area contributed by atoms with E-state index >= 15 is 0 Å². The molecule has 0 radical (unpaired) electrons. The van der Waals surface area contributed by atoms with E-state index in [1.807, 2.05) is 12.1 Å². The first-order chi connectivity index (χ1) is 12.4. The van der Waals surface area contributed by atoms with E-state index < -0.39 is 18.2 Å². The molecule has 0 spiro atoms. The molecular weight excluding hydrogens is 360 g/mol. The second kappa shape index (κ2) is 8.05. The minimum atomic E-state index is -1.03. The van der Waals surface area contributed by atoms with E-state index in [1.54, 1.807) is 21.9 Å². The Morgan fingerprint density at radius 2 is 1.58 bits per heavy atom. The second-order valence-corrected chi connectivity index (χ2v) is 6.97. The van der Waals surface area contributed by atoms with Gasteiger partial charge in [-0.2, -0.15) is 0 Å². The number of ether oxygens (including phenoxy) is 1. The molecule has 1 aromatic carbocycles. The van der Waals surface area contributed by atoms with Crippen molar-refractivity contribution in [2.45, 2.75) is 31.5 Å². The lowest BCUT2D eigenvalue weighted by Crippen LogP contribution is -2.53. The van der Waals surface area contributed by atoms with Crippen molar-refractivity contribution in [3.05, 3.63) is 34.9 Å². The van der Waals surface area contributed by atoms with Crippen LogP contribution in [0.2, 0.25) is 5.02 Å². The highest BCUT2D eigenvalue weighted by atomic mass is 35.5. The number of hydrogen-bond donors (Lipinski definition) is 1. The van der Waals surface area contributed by atoms with Gasteiger partial charge in [-0.3, -0.25) is 9.59 Å². The summed E-state index contributed by atoms with van der Waals surface area (Å²) in [6, 6.07) is 7.17. The third-order valence-corrected chi connectivity index (χ3v) is 5.04. The maximum Gasteiger partial charge on any atom is 0.332 e. The molecule has 2 saturated heterocycles. The standard InChI is InChI=1S/C18H21ClN2O5/c19-13-3-1-12(2-4-13)11-16(22)20-7-9-21(10-8-20)17(23)14-5-6-15(26-14)18(24)25/h1-4,14-15H,5-11H2,(H,24,25)/t14-,15+/m0/s1. The third kappa shape index (κ3) is 4.34. The van der Waals surface area contributed by atoms with Crippen LogP contribution in [0.15, 0.2) is 24.3 Å². The van der Waals surface area contributed by atoms with E-state index in [-0.39, 0.29) is 11.8 Å². The summed E-state index contributed by atoms with van der Waals surface area (Å²) in [5.41, 5.74) is 0.900. The van der Waals surface area contributed by atoms with Crippen LogP contribution in [0.1, 0.15) is 18.4 Å². The quantitative estimate of drug-likeness (QED) is 0.847. The number of aliphatic carboxylic acids is 1. The Morgan fingerprint density at radius 3 is 2.15 bits per heavy atom. The van der Waals surface area contributed by atoms with E-state index in [0.29, 0.717) is 50.5 Å². The number of hydrogen-bond acceptors (Lipinski definition) is 4. The third-order valence-electron chi connectivity index (χ3n) is 4.78. The van der Waals surface area contributed by atoms with Crippen molar-refractivity contribution in [2.24, 2.45) is 0 Å². The molecule has 2 fully saturated rings. The van der Waals surface area contributed by atoms with Gasteiger partial charge >= 0.3 is 5.97 Å². The Labute approximate surface area is 156 Å². The Balaban J connectivity index is 1.48. The average Bonchev–Trinajstić information content (AvgIpc) is 3.13. The minimum Gasteiger partial charge on any atom is -0.479 e. The van der Waals surface area contributed by atoms with Crippen molar-refractivity contribution in [2.75, 3.05) is 26.2 Å². The molecule has 0 unspecified atom stereocenters. The van der Waals surface area contributed by atoms with Gasteiger partial charge in [-0.1, -0.05) is 23.7 Å². The monoisotopic (exact) mass is 380 g/mol. The molecule has 0 saturated carbocycles. The van der Waals surface area contributed by atoms with Crippen LogP contribution < -0.4 is 0 Å². The fourth-order valence-corrected chi connectivity index (χ4v) is 3.40. The molecule has 1 aromatic rings. The molecule has 140 valence electrons. The van der Waals surface area contributed by atoms with Gasteiger partial charge in [-0.05, 0) is 30.5 Å². The average molecular weight is 381 g/mol. The molecular formula is C18H21ClN2O5. The molecule has 2 atom stereocenters. The molecule has 26 heavy (non-hydrogen) atoms. The van der Waals surface area contributed by atoms with Gasteiger partial charge in [-0.15, -0.1) is 0 Å². The van der Waals surface area contributed by atoms with E-state index in [1.165, 1.54) is 0 Å². The number of carbonyl (C=O) groups excluding carboxylic acids is 2. The summed E-state index contributed by atoms with van der Waals surface area (Å²) in [5.74, 6) is -1.20. The highest BCUT2D eigenvalue weighted by molar-refractivity contribution is 6.30. The number of carboxylic acids is 1. The lowest BCUT2D eigenvalue weighted by atomic mass is 10.1. The van der Waals surface area contributed by atoms with Gasteiger partial charge in [-0.25, -0.2) is 4.79 Å². The van der Waals surface area contributed by atoms with Crippen molar-refractivity contribution in [3.63, 3.8) is 0 Å². The maximum atomic E-state index is 12.5. The summed E-state index contributed by atoms with van der Waals surface area (Å²) in [6.45, 7) is 1.80. The first-order valence-electron chi connectivity index (χ1n) is 8.63. The minimum absolute atomic E-state index is 0.0162. The summed E-state index contributed by atoms with van der Waals surface area (Å²) in [5, 5.41) is 9.59. The van der Waals surface area contributed by atoms with Crippen molar-refractivity contribution in [3.8, 4) is 0 Å². The van der Waals surface area contributed by atoms with Crippen molar-refractivity contribution < 1.29 is 24.2 Å². The van der Waals surface area contributed by atoms with E-state index in [0.717, 1.165) is 5.56 Å². The molecule has 8 heteroatoms. The van der Waals surface area contributed by atoms with Gasteiger partial charge < -0.3 is 19.6 Å². The van der Waals surface area contributed by atoms with E-state index in [2.05, 4.69) is 0 Å². The molecule has 7 nitrogen and oxygen atoms in total. The van der Waals surface area contributed by atoms with E-state index in [9.17, 15) is 14.4 Å². The van der Waals surface area contributed by atoms with Crippen molar-refractivity contribution in [1.82, 2.24) is 9.80 Å². The molecule has 0 aliphatic carbocycles. The summed E-state index contributed by atoms with van der Waals surface area (Å²) in [4.78, 5) is 39.2. The Morgan fingerprint density at radius 1 is 1.00 bits per heavy atom. The van der Waals surface area contributed by atoms with Crippen LogP contribution in [0, 0.1) is 0 Å². The molecule has 2 amide bonds. The van der Waals surface area contributed by atoms with Crippen LogP contribution in [0.3, 0.4) is 0 Å². The Kier molecular flexibility index (Phi) is 5.78. The molecule has 3 rings (SSSR count). The fraction of sp³-hybridized carbons (Fsp3) is 0.500. The van der Waals surface area contributed by atoms with Crippen molar-refractivity contribution >= 4 is 29.4 Å². The Bertz CT molecular complexity index is 685. The smallest absolute Gasteiger partial charge is 0.332 e. The van der Waals surface area contributed by atoms with Gasteiger partial charge in [0.25, 0.3) is 5.91 Å².